The van der Waals surface area contributed by atoms with Gasteiger partial charge in [-0.3, -0.25) is 5.10 Å². The molecule has 2 bridgehead atoms. The molecule has 2 saturated heterocycles. The normalized spacial score (nSPS) is 24.8. The molecule has 30 heavy (non-hydrogen) atoms. The van der Waals surface area contributed by atoms with E-state index in [1.165, 1.54) is 0 Å². The fraction of sp³-hybridized carbons (Fsp3) is 0.522. The van der Waals surface area contributed by atoms with Crippen LogP contribution in [0.3, 0.4) is 0 Å². The fourth-order valence-electron chi connectivity index (χ4n) is 4.75. The Labute approximate surface area is 179 Å². The van der Waals surface area contributed by atoms with E-state index in [0.717, 1.165) is 37.0 Å². The summed E-state index contributed by atoms with van der Waals surface area (Å²) < 4.78 is 34.7. The lowest BCUT2D eigenvalue weighted by molar-refractivity contribution is 0.0956. The zero-order valence-corrected chi connectivity index (χ0v) is 18.9. The minimum Gasteiger partial charge on any atom is -0.490 e. The number of nitrogens with zero attached hydrogens (tertiary/aromatic N) is 2. The highest BCUT2D eigenvalue weighted by atomic mass is 32.2. The first-order chi connectivity index (χ1) is 14.3. The molecule has 0 aliphatic carbocycles. The maximum atomic E-state index is 13.4. The number of hydrogen-bond donors (Lipinski definition) is 1. The molecule has 4 rings (SSSR count). The molecule has 1 aromatic carbocycles. The summed E-state index contributed by atoms with van der Waals surface area (Å²) in [5, 5.41) is 6.90. The second-order valence-corrected chi connectivity index (χ2v) is 10.6. The third kappa shape index (κ3) is 4.05. The second-order valence-electron chi connectivity index (χ2n) is 8.87. The highest BCUT2D eigenvalue weighted by molar-refractivity contribution is 7.89. The SMILES string of the molecule is Cc1n[nH]c(C)c1S(=O)(=O)N1[C@@H]2CC[C@H]1C[C@@H](Oc1ccc(/C=C/C(C)C)cc1)C2. The quantitative estimate of drug-likeness (QED) is 0.736. The Morgan fingerprint density at radius 3 is 2.30 bits per heavy atom. The molecule has 0 radical (unpaired) electrons. The standard InChI is InChI=1S/C23H31N3O3S/c1-15(2)5-6-18-7-11-21(12-8-18)29-22-13-19-9-10-20(14-22)26(19)30(27,28)23-16(3)24-25-17(23)4/h5-8,11-12,15,19-20,22H,9-10,13-14H2,1-4H3,(H,24,25)/b6-5+/t19-,20+,22+. The number of aromatic amines is 1. The van der Waals surface area contributed by atoms with Crippen LogP contribution in [0.1, 0.15) is 56.5 Å². The lowest BCUT2D eigenvalue weighted by Gasteiger charge is -2.37. The summed E-state index contributed by atoms with van der Waals surface area (Å²) >= 11 is 0. The molecule has 0 amide bonds. The number of fused-ring (bicyclic) bond motifs is 2. The van der Waals surface area contributed by atoms with Crippen molar-refractivity contribution in [1.82, 2.24) is 14.5 Å². The van der Waals surface area contributed by atoms with E-state index in [4.69, 9.17) is 4.74 Å². The first-order valence-electron chi connectivity index (χ1n) is 10.8. The van der Waals surface area contributed by atoms with Gasteiger partial charge < -0.3 is 4.74 Å². The summed E-state index contributed by atoms with van der Waals surface area (Å²) in [6, 6.07) is 8.10. The molecule has 3 atom stereocenters. The minimum absolute atomic E-state index is 0.0132. The zero-order chi connectivity index (χ0) is 21.5. The van der Waals surface area contributed by atoms with E-state index >= 15 is 0 Å². The number of piperidine rings is 1. The van der Waals surface area contributed by atoms with Crippen LogP contribution in [0, 0.1) is 19.8 Å². The number of allylic oxidation sites excluding steroid dienone is 1. The van der Waals surface area contributed by atoms with Crippen molar-refractivity contribution >= 4 is 16.1 Å². The lowest BCUT2D eigenvalue weighted by atomic mass is 10.0. The number of nitrogens with one attached hydrogen (secondary N) is 1. The van der Waals surface area contributed by atoms with Crippen LogP contribution in [0.4, 0.5) is 0 Å². The molecule has 162 valence electrons. The summed E-state index contributed by atoms with van der Waals surface area (Å²) in [6.07, 6.45) is 7.56. The van der Waals surface area contributed by atoms with E-state index in [0.29, 0.717) is 22.2 Å². The van der Waals surface area contributed by atoms with Gasteiger partial charge in [0.2, 0.25) is 10.0 Å². The predicted octanol–water partition coefficient (Wildman–Crippen LogP) is 4.46. The third-order valence-electron chi connectivity index (χ3n) is 6.08. The number of aryl methyl sites for hydroxylation is 2. The average molecular weight is 430 g/mol. The maximum Gasteiger partial charge on any atom is 0.247 e. The molecule has 2 aromatic rings. The topological polar surface area (TPSA) is 75.3 Å². The van der Waals surface area contributed by atoms with Crippen molar-refractivity contribution in [1.29, 1.82) is 0 Å². The fourth-order valence-corrected chi connectivity index (χ4v) is 6.98. The molecule has 2 fully saturated rings. The molecule has 3 heterocycles. The van der Waals surface area contributed by atoms with Crippen LogP contribution in [0.2, 0.25) is 0 Å². The van der Waals surface area contributed by atoms with Crippen molar-refractivity contribution in [2.24, 2.45) is 5.92 Å². The number of ether oxygens (including phenoxy) is 1. The molecular weight excluding hydrogens is 398 g/mol. The highest BCUT2D eigenvalue weighted by Gasteiger charge is 2.48. The van der Waals surface area contributed by atoms with E-state index in [1.807, 2.05) is 12.1 Å². The first-order valence-corrected chi connectivity index (χ1v) is 12.2. The van der Waals surface area contributed by atoms with Gasteiger partial charge in [-0.25, -0.2) is 8.42 Å². The lowest BCUT2D eigenvalue weighted by Crippen LogP contribution is -2.49. The van der Waals surface area contributed by atoms with Gasteiger partial charge in [-0.2, -0.15) is 9.40 Å². The van der Waals surface area contributed by atoms with Gasteiger partial charge in [-0.15, -0.1) is 0 Å². The number of aromatic nitrogens is 2. The number of H-pyrrole nitrogens is 1. The third-order valence-corrected chi connectivity index (χ3v) is 8.34. The number of benzene rings is 1. The minimum atomic E-state index is -3.55. The Balaban J connectivity index is 1.46. The summed E-state index contributed by atoms with van der Waals surface area (Å²) in [5.41, 5.74) is 2.30. The predicted molar refractivity (Wildman–Crippen MR) is 118 cm³/mol. The molecule has 2 aliphatic rings. The molecule has 2 aliphatic heterocycles. The summed E-state index contributed by atoms with van der Waals surface area (Å²) in [6.45, 7) is 7.83. The first kappa shape index (κ1) is 21.1. The van der Waals surface area contributed by atoms with E-state index < -0.39 is 10.0 Å². The highest BCUT2D eigenvalue weighted by Crippen LogP contribution is 2.41. The van der Waals surface area contributed by atoms with Crippen molar-refractivity contribution in [3.8, 4) is 5.75 Å². The Bertz CT molecular complexity index is 991. The largest absolute Gasteiger partial charge is 0.490 e. The molecule has 0 unspecified atom stereocenters. The van der Waals surface area contributed by atoms with Gasteiger partial charge in [0, 0.05) is 24.9 Å². The van der Waals surface area contributed by atoms with Crippen molar-refractivity contribution in [2.45, 2.75) is 76.5 Å². The monoisotopic (exact) mass is 429 g/mol. The van der Waals surface area contributed by atoms with Gasteiger partial charge in [0.05, 0.1) is 11.4 Å². The van der Waals surface area contributed by atoms with Gasteiger partial charge in [-0.1, -0.05) is 38.1 Å². The second kappa shape index (κ2) is 8.19. The Morgan fingerprint density at radius 1 is 1.13 bits per heavy atom. The summed E-state index contributed by atoms with van der Waals surface area (Å²) in [4.78, 5) is 0.337. The van der Waals surface area contributed by atoms with Crippen molar-refractivity contribution < 1.29 is 13.2 Å². The average Bonchev–Trinajstić information content (AvgIpc) is 3.18. The molecule has 7 heteroatoms. The molecule has 0 saturated carbocycles. The van der Waals surface area contributed by atoms with Crippen LogP contribution >= 0.6 is 0 Å². The molecule has 6 nitrogen and oxygen atoms in total. The van der Waals surface area contributed by atoms with Crippen LogP contribution in [0.5, 0.6) is 5.75 Å². The van der Waals surface area contributed by atoms with Gasteiger partial charge in [0.1, 0.15) is 16.7 Å². The molecule has 1 aromatic heterocycles. The van der Waals surface area contributed by atoms with E-state index in [9.17, 15) is 8.42 Å². The summed E-state index contributed by atoms with van der Waals surface area (Å²) in [5.74, 6) is 1.37. The number of sulfonamides is 1. The zero-order valence-electron chi connectivity index (χ0n) is 18.1. The molecule has 0 spiro atoms. The van der Waals surface area contributed by atoms with Crippen LogP contribution in [-0.4, -0.2) is 41.1 Å². The number of hydrogen-bond acceptors (Lipinski definition) is 4. The number of rotatable bonds is 6. The Kier molecular flexibility index (Phi) is 5.77. The van der Waals surface area contributed by atoms with E-state index in [1.54, 1.807) is 18.2 Å². The van der Waals surface area contributed by atoms with E-state index in [2.05, 4.69) is 48.3 Å². The Hall–Kier alpha value is -2.12. The van der Waals surface area contributed by atoms with Crippen molar-refractivity contribution in [3.63, 3.8) is 0 Å². The van der Waals surface area contributed by atoms with Gasteiger partial charge in [0.25, 0.3) is 0 Å². The van der Waals surface area contributed by atoms with Crippen LogP contribution in [0.15, 0.2) is 35.2 Å². The van der Waals surface area contributed by atoms with Gasteiger partial charge >= 0.3 is 0 Å². The van der Waals surface area contributed by atoms with Crippen molar-refractivity contribution in [2.75, 3.05) is 0 Å². The van der Waals surface area contributed by atoms with E-state index in [-0.39, 0.29) is 18.2 Å². The van der Waals surface area contributed by atoms with Crippen LogP contribution in [-0.2, 0) is 10.0 Å². The maximum absolute atomic E-state index is 13.4. The van der Waals surface area contributed by atoms with Crippen LogP contribution < -0.4 is 4.74 Å². The summed E-state index contributed by atoms with van der Waals surface area (Å²) in [7, 11) is -3.55. The molecular formula is C23H31N3O3S. The Morgan fingerprint density at radius 2 is 1.77 bits per heavy atom. The van der Waals surface area contributed by atoms with Crippen LogP contribution in [0.25, 0.3) is 6.08 Å². The smallest absolute Gasteiger partial charge is 0.247 e. The van der Waals surface area contributed by atoms with Crippen molar-refractivity contribution in [3.05, 3.63) is 47.3 Å². The van der Waals surface area contributed by atoms with Gasteiger partial charge in [-0.05, 0) is 50.3 Å². The van der Waals surface area contributed by atoms with Gasteiger partial charge in [0.15, 0.2) is 0 Å². The molecule has 1 N–H and O–H groups in total.